The molecule has 0 radical (unpaired) electrons. The molecule has 0 aromatic heterocycles. The normalized spacial score (nSPS) is 30.9. The Morgan fingerprint density at radius 3 is 2.80 bits per heavy atom. The third kappa shape index (κ3) is 4.08. The molecule has 3 unspecified atom stereocenters. The van der Waals surface area contributed by atoms with E-state index in [1.54, 1.807) is 4.90 Å². The van der Waals surface area contributed by atoms with E-state index < -0.39 is 12.1 Å². The lowest BCUT2D eigenvalue weighted by atomic mass is 9.91. The summed E-state index contributed by atoms with van der Waals surface area (Å²) >= 11 is 0. The lowest BCUT2D eigenvalue weighted by Gasteiger charge is -2.35. The van der Waals surface area contributed by atoms with Crippen molar-refractivity contribution >= 4 is 12.0 Å². The molecular weight excluding hydrogens is 262 g/mol. The molecule has 114 valence electrons. The van der Waals surface area contributed by atoms with E-state index in [-0.39, 0.29) is 24.5 Å². The van der Waals surface area contributed by atoms with Crippen LogP contribution in [0.2, 0.25) is 0 Å². The maximum absolute atomic E-state index is 12.2. The summed E-state index contributed by atoms with van der Waals surface area (Å²) in [5, 5.41) is 11.7. The maximum atomic E-state index is 12.2. The number of ether oxygens (including phenoxy) is 1. The van der Waals surface area contributed by atoms with Crippen LogP contribution in [-0.2, 0) is 9.53 Å². The smallest absolute Gasteiger partial charge is 0.317 e. The van der Waals surface area contributed by atoms with Crippen molar-refractivity contribution in [3.63, 3.8) is 0 Å². The molecule has 1 saturated carbocycles. The van der Waals surface area contributed by atoms with Crippen molar-refractivity contribution in [2.45, 2.75) is 50.3 Å². The molecule has 4 N–H and O–H groups in total. The molecule has 20 heavy (non-hydrogen) atoms. The number of carboxylic acids is 1. The zero-order valence-corrected chi connectivity index (χ0v) is 11.6. The van der Waals surface area contributed by atoms with E-state index in [9.17, 15) is 9.59 Å². The summed E-state index contributed by atoms with van der Waals surface area (Å²) in [6.45, 7) is 1.19. The van der Waals surface area contributed by atoms with Crippen LogP contribution in [0.15, 0.2) is 0 Å². The molecule has 7 heteroatoms. The number of carboxylic acid groups (broad SMARTS) is 1. The fraction of sp³-hybridized carbons (Fsp3) is 0.846. The van der Waals surface area contributed by atoms with Crippen molar-refractivity contribution in [2.24, 2.45) is 5.73 Å². The Morgan fingerprint density at radius 2 is 2.10 bits per heavy atom. The lowest BCUT2D eigenvalue weighted by molar-refractivity contribution is -0.141. The van der Waals surface area contributed by atoms with Gasteiger partial charge in [-0.05, 0) is 12.8 Å². The standard InChI is InChI=1S/C13H23N3O4/c14-10-3-1-2-4-11(10)15-13(19)16-5-6-20-9(8-16)7-12(17)18/h9-11H,1-8,14H2,(H,15,19)(H,17,18). The molecule has 2 rings (SSSR count). The van der Waals surface area contributed by atoms with E-state index in [1.807, 2.05) is 0 Å². The molecule has 1 aliphatic heterocycles. The Labute approximate surface area is 118 Å². The highest BCUT2D eigenvalue weighted by molar-refractivity contribution is 5.75. The number of aliphatic carboxylic acids is 1. The van der Waals surface area contributed by atoms with E-state index in [1.165, 1.54) is 0 Å². The number of urea groups is 1. The Kier molecular flexibility index (Phi) is 5.19. The first kappa shape index (κ1) is 15.1. The average Bonchev–Trinajstić information content (AvgIpc) is 2.41. The van der Waals surface area contributed by atoms with Crippen molar-refractivity contribution in [1.29, 1.82) is 0 Å². The minimum atomic E-state index is -0.911. The largest absolute Gasteiger partial charge is 0.481 e. The number of nitrogens with zero attached hydrogens (tertiary/aromatic N) is 1. The number of hydrogen-bond acceptors (Lipinski definition) is 4. The van der Waals surface area contributed by atoms with Crippen LogP contribution < -0.4 is 11.1 Å². The number of rotatable bonds is 3. The molecule has 2 amide bonds. The van der Waals surface area contributed by atoms with E-state index in [0.29, 0.717) is 19.7 Å². The summed E-state index contributed by atoms with van der Waals surface area (Å²) in [5.74, 6) is -0.911. The highest BCUT2D eigenvalue weighted by Crippen LogP contribution is 2.17. The Hall–Kier alpha value is -1.34. The van der Waals surface area contributed by atoms with Crippen molar-refractivity contribution in [1.82, 2.24) is 10.2 Å². The Morgan fingerprint density at radius 1 is 1.35 bits per heavy atom. The van der Waals surface area contributed by atoms with Gasteiger partial charge < -0.3 is 25.8 Å². The summed E-state index contributed by atoms with van der Waals surface area (Å²) in [5.41, 5.74) is 6.01. The zero-order valence-electron chi connectivity index (χ0n) is 11.6. The molecule has 0 bridgehead atoms. The van der Waals surface area contributed by atoms with Gasteiger partial charge in [-0.1, -0.05) is 12.8 Å². The van der Waals surface area contributed by atoms with Crippen molar-refractivity contribution in [3.05, 3.63) is 0 Å². The summed E-state index contributed by atoms with van der Waals surface area (Å²) in [6.07, 6.45) is 3.56. The van der Waals surface area contributed by atoms with Gasteiger partial charge in [0.1, 0.15) is 0 Å². The van der Waals surface area contributed by atoms with Crippen LogP contribution in [0.1, 0.15) is 32.1 Å². The first-order chi connectivity index (χ1) is 9.56. The predicted molar refractivity (Wildman–Crippen MR) is 72.3 cm³/mol. The van der Waals surface area contributed by atoms with E-state index >= 15 is 0 Å². The fourth-order valence-electron chi connectivity index (χ4n) is 2.81. The molecule has 1 aliphatic carbocycles. The number of carbonyl (C=O) groups excluding carboxylic acids is 1. The third-order valence-electron chi connectivity index (χ3n) is 3.96. The summed E-state index contributed by atoms with van der Waals surface area (Å²) in [4.78, 5) is 24.5. The number of amides is 2. The van der Waals surface area contributed by atoms with Crippen LogP contribution in [0.5, 0.6) is 0 Å². The monoisotopic (exact) mass is 285 g/mol. The number of carbonyl (C=O) groups is 2. The third-order valence-corrected chi connectivity index (χ3v) is 3.96. The second-order valence-electron chi connectivity index (χ2n) is 5.54. The van der Waals surface area contributed by atoms with Crippen LogP contribution in [0.3, 0.4) is 0 Å². The number of hydrogen-bond donors (Lipinski definition) is 3. The molecule has 1 heterocycles. The van der Waals surface area contributed by atoms with Crippen molar-refractivity contribution in [2.75, 3.05) is 19.7 Å². The Balaban J connectivity index is 1.83. The number of morpholine rings is 1. The number of nitrogens with one attached hydrogen (secondary N) is 1. The first-order valence-electron chi connectivity index (χ1n) is 7.20. The molecule has 3 atom stereocenters. The zero-order chi connectivity index (χ0) is 14.5. The average molecular weight is 285 g/mol. The minimum absolute atomic E-state index is 0.0172. The van der Waals surface area contributed by atoms with Crippen molar-refractivity contribution in [3.8, 4) is 0 Å². The topological polar surface area (TPSA) is 105 Å². The van der Waals surface area contributed by atoms with Gasteiger partial charge in [0, 0.05) is 25.2 Å². The molecule has 0 spiro atoms. The van der Waals surface area contributed by atoms with Gasteiger partial charge in [-0.15, -0.1) is 0 Å². The van der Waals surface area contributed by atoms with Gasteiger partial charge in [0.15, 0.2) is 0 Å². The quantitative estimate of drug-likeness (QED) is 0.684. The maximum Gasteiger partial charge on any atom is 0.317 e. The van der Waals surface area contributed by atoms with E-state index in [0.717, 1.165) is 25.7 Å². The first-order valence-corrected chi connectivity index (χ1v) is 7.20. The summed E-state index contributed by atoms with van der Waals surface area (Å²) in [7, 11) is 0. The van der Waals surface area contributed by atoms with E-state index in [2.05, 4.69) is 5.32 Å². The molecule has 7 nitrogen and oxygen atoms in total. The highest BCUT2D eigenvalue weighted by Gasteiger charge is 2.29. The second-order valence-corrected chi connectivity index (χ2v) is 5.54. The van der Waals surface area contributed by atoms with Gasteiger partial charge in [0.05, 0.1) is 19.1 Å². The molecular formula is C13H23N3O4. The minimum Gasteiger partial charge on any atom is -0.481 e. The molecule has 0 aromatic rings. The van der Waals surface area contributed by atoms with Gasteiger partial charge in [-0.2, -0.15) is 0 Å². The summed E-state index contributed by atoms with van der Waals surface area (Å²) < 4.78 is 5.35. The van der Waals surface area contributed by atoms with Crippen LogP contribution in [-0.4, -0.2) is 59.9 Å². The van der Waals surface area contributed by atoms with Crippen LogP contribution in [0, 0.1) is 0 Å². The molecule has 2 fully saturated rings. The molecule has 0 aromatic carbocycles. The highest BCUT2D eigenvalue weighted by atomic mass is 16.5. The van der Waals surface area contributed by atoms with Gasteiger partial charge >= 0.3 is 12.0 Å². The van der Waals surface area contributed by atoms with Gasteiger partial charge in [-0.25, -0.2) is 4.79 Å². The SMILES string of the molecule is NC1CCCCC1NC(=O)N1CCOC(CC(=O)O)C1. The lowest BCUT2D eigenvalue weighted by Crippen LogP contribution is -2.56. The van der Waals surface area contributed by atoms with Crippen LogP contribution in [0.4, 0.5) is 4.79 Å². The summed E-state index contributed by atoms with van der Waals surface area (Å²) in [6, 6.07) is -0.119. The molecule has 2 aliphatic rings. The predicted octanol–water partition coefficient (Wildman–Crippen LogP) is 0.141. The fourth-order valence-corrected chi connectivity index (χ4v) is 2.81. The second kappa shape index (κ2) is 6.90. The Bertz CT molecular complexity index is 364. The van der Waals surface area contributed by atoms with E-state index in [4.69, 9.17) is 15.6 Å². The van der Waals surface area contributed by atoms with Gasteiger partial charge in [-0.3, -0.25) is 4.79 Å². The van der Waals surface area contributed by atoms with Gasteiger partial charge in [0.2, 0.25) is 0 Å². The van der Waals surface area contributed by atoms with Crippen LogP contribution >= 0.6 is 0 Å². The molecule has 1 saturated heterocycles. The van der Waals surface area contributed by atoms with Crippen molar-refractivity contribution < 1.29 is 19.4 Å². The number of nitrogens with two attached hydrogens (primary N) is 1. The van der Waals surface area contributed by atoms with Crippen LogP contribution in [0.25, 0.3) is 0 Å². The van der Waals surface area contributed by atoms with Gasteiger partial charge in [0.25, 0.3) is 0 Å².